The van der Waals surface area contributed by atoms with Gasteiger partial charge in [0.2, 0.25) is 0 Å². The summed E-state index contributed by atoms with van der Waals surface area (Å²) in [6.45, 7) is 2.68. The minimum absolute atomic E-state index is 0.169. The summed E-state index contributed by atoms with van der Waals surface area (Å²) >= 11 is 1.20. The fourth-order valence-corrected chi connectivity index (χ4v) is 2.59. The quantitative estimate of drug-likeness (QED) is 0.653. The number of methoxy groups -OCH3 is 1. The predicted molar refractivity (Wildman–Crippen MR) is 79.2 cm³/mol. The molecule has 0 spiro atoms. The molecule has 2 aromatic rings. The first-order valence-corrected chi connectivity index (χ1v) is 7.02. The highest BCUT2D eigenvalue weighted by Crippen LogP contribution is 2.24. The summed E-state index contributed by atoms with van der Waals surface area (Å²) in [7, 11) is 1.64. The Bertz CT molecular complexity index is 580. The number of hydrogen-bond donors (Lipinski definition) is 1. The SMILES string of the molecule is COc1ccc(C(C)NCc2ccc([N+](=O)[O-])s2)cc1. The highest BCUT2D eigenvalue weighted by molar-refractivity contribution is 7.15. The number of hydrogen-bond acceptors (Lipinski definition) is 5. The predicted octanol–water partition coefficient (Wildman–Crippen LogP) is 3.52. The topological polar surface area (TPSA) is 64.4 Å². The first-order valence-electron chi connectivity index (χ1n) is 6.20. The molecule has 0 saturated carbocycles. The minimum Gasteiger partial charge on any atom is -0.497 e. The number of rotatable bonds is 6. The minimum atomic E-state index is -0.360. The Morgan fingerprint density at radius 2 is 2.00 bits per heavy atom. The zero-order valence-corrected chi connectivity index (χ0v) is 12.1. The van der Waals surface area contributed by atoms with E-state index in [9.17, 15) is 10.1 Å². The average molecular weight is 292 g/mol. The van der Waals surface area contributed by atoms with E-state index in [1.165, 1.54) is 11.3 Å². The lowest BCUT2D eigenvalue weighted by atomic mass is 10.1. The second-order valence-electron chi connectivity index (χ2n) is 4.37. The van der Waals surface area contributed by atoms with Crippen LogP contribution in [0.4, 0.5) is 5.00 Å². The van der Waals surface area contributed by atoms with Crippen molar-refractivity contribution >= 4 is 16.3 Å². The Balaban J connectivity index is 1.93. The highest BCUT2D eigenvalue weighted by Gasteiger charge is 2.11. The molecule has 1 atom stereocenters. The number of thiophene rings is 1. The van der Waals surface area contributed by atoms with Gasteiger partial charge in [0.1, 0.15) is 5.75 Å². The number of benzene rings is 1. The van der Waals surface area contributed by atoms with E-state index in [2.05, 4.69) is 12.2 Å². The molecule has 0 aliphatic heterocycles. The van der Waals surface area contributed by atoms with Crippen LogP contribution in [-0.4, -0.2) is 12.0 Å². The maximum absolute atomic E-state index is 10.6. The van der Waals surface area contributed by atoms with Gasteiger partial charge in [0.25, 0.3) is 0 Å². The van der Waals surface area contributed by atoms with E-state index in [1.807, 2.05) is 24.3 Å². The van der Waals surface area contributed by atoms with Crippen LogP contribution in [-0.2, 0) is 6.54 Å². The summed E-state index contributed by atoms with van der Waals surface area (Å²) in [5, 5.41) is 14.1. The fourth-order valence-electron chi connectivity index (χ4n) is 1.82. The summed E-state index contributed by atoms with van der Waals surface area (Å²) < 4.78 is 5.12. The standard InChI is InChI=1S/C14H16N2O3S/c1-10(11-3-5-12(19-2)6-4-11)15-9-13-7-8-14(20-13)16(17)18/h3-8,10,15H,9H2,1-2H3. The van der Waals surface area contributed by atoms with Crippen molar-refractivity contribution in [2.24, 2.45) is 0 Å². The maximum atomic E-state index is 10.6. The lowest BCUT2D eigenvalue weighted by Gasteiger charge is -2.13. The molecule has 2 rings (SSSR count). The number of ether oxygens (including phenoxy) is 1. The lowest BCUT2D eigenvalue weighted by Crippen LogP contribution is -2.17. The van der Waals surface area contributed by atoms with Crippen molar-refractivity contribution in [2.75, 3.05) is 7.11 Å². The van der Waals surface area contributed by atoms with E-state index < -0.39 is 0 Å². The van der Waals surface area contributed by atoms with Crippen LogP contribution < -0.4 is 10.1 Å². The maximum Gasteiger partial charge on any atom is 0.324 e. The van der Waals surface area contributed by atoms with Gasteiger partial charge in [-0.25, -0.2) is 0 Å². The zero-order chi connectivity index (χ0) is 14.5. The average Bonchev–Trinajstić information content (AvgIpc) is 2.94. The molecule has 1 aromatic heterocycles. The lowest BCUT2D eigenvalue weighted by molar-refractivity contribution is -0.380. The molecule has 0 aliphatic carbocycles. The number of nitrogens with one attached hydrogen (secondary N) is 1. The van der Waals surface area contributed by atoms with Gasteiger partial charge in [-0.3, -0.25) is 10.1 Å². The van der Waals surface area contributed by atoms with Gasteiger partial charge >= 0.3 is 5.00 Å². The smallest absolute Gasteiger partial charge is 0.324 e. The van der Waals surface area contributed by atoms with Crippen LogP contribution in [0.15, 0.2) is 36.4 Å². The van der Waals surface area contributed by atoms with Crippen molar-refractivity contribution in [1.29, 1.82) is 0 Å². The summed E-state index contributed by atoms with van der Waals surface area (Å²) in [5.74, 6) is 0.829. The van der Waals surface area contributed by atoms with Crippen molar-refractivity contribution in [3.05, 3.63) is 57.0 Å². The van der Waals surface area contributed by atoms with E-state index in [0.717, 1.165) is 16.2 Å². The van der Waals surface area contributed by atoms with Crippen LogP contribution in [0.1, 0.15) is 23.4 Å². The third-order valence-electron chi connectivity index (χ3n) is 3.03. The monoisotopic (exact) mass is 292 g/mol. The molecule has 0 amide bonds. The van der Waals surface area contributed by atoms with Crippen LogP contribution in [0.3, 0.4) is 0 Å². The van der Waals surface area contributed by atoms with E-state index in [4.69, 9.17) is 4.74 Å². The van der Waals surface area contributed by atoms with Crippen LogP contribution in [0.25, 0.3) is 0 Å². The number of nitrogens with zero attached hydrogens (tertiary/aromatic N) is 1. The third-order valence-corrected chi connectivity index (χ3v) is 4.06. The third kappa shape index (κ3) is 3.55. The molecular formula is C14H16N2O3S. The first-order chi connectivity index (χ1) is 9.60. The summed E-state index contributed by atoms with van der Waals surface area (Å²) in [5.41, 5.74) is 1.15. The van der Waals surface area contributed by atoms with Crippen LogP contribution in [0, 0.1) is 10.1 Å². The second-order valence-corrected chi connectivity index (χ2v) is 5.52. The van der Waals surface area contributed by atoms with Gasteiger partial charge in [-0.1, -0.05) is 23.5 Å². The molecular weight excluding hydrogens is 276 g/mol. The van der Waals surface area contributed by atoms with E-state index >= 15 is 0 Å². The Morgan fingerprint density at radius 1 is 1.30 bits per heavy atom. The number of nitro groups is 1. The molecule has 0 radical (unpaired) electrons. The Labute approximate surface area is 121 Å². The summed E-state index contributed by atoms with van der Waals surface area (Å²) in [6, 6.07) is 11.4. The van der Waals surface area contributed by atoms with Crippen molar-refractivity contribution < 1.29 is 9.66 Å². The second kappa shape index (κ2) is 6.49. The van der Waals surface area contributed by atoms with Crippen molar-refractivity contribution in [3.63, 3.8) is 0 Å². The van der Waals surface area contributed by atoms with Crippen molar-refractivity contribution in [3.8, 4) is 5.75 Å². The van der Waals surface area contributed by atoms with E-state index in [0.29, 0.717) is 6.54 Å². The molecule has 0 fully saturated rings. The molecule has 20 heavy (non-hydrogen) atoms. The first kappa shape index (κ1) is 14.5. The molecule has 1 N–H and O–H groups in total. The van der Waals surface area contributed by atoms with Crippen LogP contribution in [0.5, 0.6) is 5.75 Å². The van der Waals surface area contributed by atoms with Crippen LogP contribution >= 0.6 is 11.3 Å². The molecule has 1 heterocycles. The summed E-state index contributed by atoms with van der Waals surface area (Å²) in [6.07, 6.45) is 0. The van der Waals surface area contributed by atoms with Gasteiger partial charge < -0.3 is 10.1 Å². The Hall–Kier alpha value is -1.92. The molecule has 106 valence electrons. The largest absolute Gasteiger partial charge is 0.497 e. The van der Waals surface area contributed by atoms with Gasteiger partial charge in [-0.15, -0.1) is 0 Å². The van der Waals surface area contributed by atoms with Gasteiger partial charge in [0.15, 0.2) is 0 Å². The van der Waals surface area contributed by atoms with E-state index in [-0.39, 0.29) is 16.0 Å². The fraction of sp³-hybridized carbons (Fsp3) is 0.286. The molecule has 1 aromatic carbocycles. The van der Waals surface area contributed by atoms with Gasteiger partial charge in [0, 0.05) is 23.5 Å². The van der Waals surface area contributed by atoms with Gasteiger partial charge in [0.05, 0.1) is 12.0 Å². The summed E-state index contributed by atoms with van der Waals surface area (Å²) in [4.78, 5) is 11.2. The molecule has 6 heteroatoms. The van der Waals surface area contributed by atoms with Crippen LogP contribution in [0.2, 0.25) is 0 Å². The molecule has 0 aliphatic rings. The Kier molecular flexibility index (Phi) is 4.70. The zero-order valence-electron chi connectivity index (χ0n) is 11.3. The van der Waals surface area contributed by atoms with Gasteiger partial charge in [-0.05, 0) is 30.7 Å². The molecule has 1 unspecified atom stereocenters. The Morgan fingerprint density at radius 3 is 2.55 bits per heavy atom. The molecule has 0 bridgehead atoms. The molecule has 0 saturated heterocycles. The highest BCUT2D eigenvalue weighted by atomic mass is 32.1. The van der Waals surface area contributed by atoms with Crippen molar-refractivity contribution in [1.82, 2.24) is 5.32 Å². The normalized spacial score (nSPS) is 12.1. The van der Waals surface area contributed by atoms with Gasteiger partial charge in [-0.2, -0.15) is 0 Å². The van der Waals surface area contributed by atoms with Crippen molar-refractivity contribution in [2.45, 2.75) is 19.5 Å². The van der Waals surface area contributed by atoms with E-state index in [1.54, 1.807) is 19.2 Å². The molecule has 5 nitrogen and oxygen atoms in total.